The van der Waals surface area contributed by atoms with Crippen LogP contribution in [0.5, 0.6) is 11.5 Å². The normalized spacial score (nSPS) is 11.3. The zero-order valence-electron chi connectivity index (χ0n) is 17.0. The smallest absolute Gasteiger partial charge is 0.406 e. The van der Waals surface area contributed by atoms with Crippen LogP contribution in [0.1, 0.15) is 6.92 Å². The number of alkyl halides is 3. The van der Waals surface area contributed by atoms with Gasteiger partial charge in [0.05, 0.1) is 13.7 Å². The number of carbonyl (C=O) groups excluding carboxylic acids is 1. The van der Waals surface area contributed by atoms with Gasteiger partial charge in [0.1, 0.15) is 31.2 Å². The Morgan fingerprint density at radius 2 is 1.72 bits per heavy atom. The average molecular weight is 532 g/mol. The van der Waals surface area contributed by atoms with E-state index in [1.54, 1.807) is 43.3 Å². The molecule has 1 aromatic rings. The summed E-state index contributed by atoms with van der Waals surface area (Å²) in [4.78, 5) is 18.3. The zero-order chi connectivity index (χ0) is 21.2. The maximum atomic E-state index is 12.4. The summed E-state index contributed by atoms with van der Waals surface area (Å²) in [6, 6.07) is 7.14. The molecule has 0 atom stereocenters. The van der Waals surface area contributed by atoms with Gasteiger partial charge in [0.25, 0.3) is 0 Å². The number of nitrogens with zero attached hydrogens (tertiary/aromatic N) is 3. The largest absolute Gasteiger partial charge is 0.497 e. The molecule has 0 spiro atoms. The van der Waals surface area contributed by atoms with Gasteiger partial charge in [0, 0.05) is 20.6 Å². The van der Waals surface area contributed by atoms with E-state index in [-0.39, 0.29) is 30.5 Å². The third-order valence-electron chi connectivity index (χ3n) is 3.66. The van der Waals surface area contributed by atoms with Gasteiger partial charge in [-0.25, -0.2) is 4.99 Å². The fourth-order valence-corrected chi connectivity index (χ4v) is 2.17. The fraction of sp³-hybridized carbons (Fsp3) is 0.556. The Bertz CT molecular complexity index is 642. The predicted octanol–water partition coefficient (Wildman–Crippen LogP) is 2.61. The summed E-state index contributed by atoms with van der Waals surface area (Å²) in [5.41, 5.74) is 0. The first-order chi connectivity index (χ1) is 13.2. The monoisotopic (exact) mass is 532 g/mol. The van der Waals surface area contributed by atoms with Crippen molar-refractivity contribution in [3.63, 3.8) is 0 Å². The number of nitrogens with one attached hydrogen (secondary N) is 1. The quantitative estimate of drug-likeness (QED) is 0.301. The number of halogens is 4. The molecule has 1 N–H and O–H groups in total. The molecule has 1 aromatic carbocycles. The molecule has 1 amide bonds. The van der Waals surface area contributed by atoms with E-state index in [0.29, 0.717) is 36.3 Å². The lowest BCUT2D eigenvalue weighted by atomic mass is 10.3. The first kappa shape index (κ1) is 27.1. The van der Waals surface area contributed by atoms with Crippen LogP contribution in [0.15, 0.2) is 29.3 Å². The molecule has 29 heavy (non-hydrogen) atoms. The van der Waals surface area contributed by atoms with Gasteiger partial charge in [-0.2, -0.15) is 13.2 Å². The SMILES string of the molecule is CCNC(=NCC(=O)N(C)CC(F)(F)F)N(C)CCOc1ccc(OC)cc1.I. The average Bonchev–Trinajstić information content (AvgIpc) is 2.63. The van der Waals surface area contributed by atoms with Crippen molar-refractivity contribution in [3.05, 3.63) is 24.3 Å². The molecule has 0 aliphatic heterocycles. The minimum atomic E-state index is -4.44. The molecular weight excluding hydrogens is 504 g/mol. The molecule has 0 bridgehead atoms. The molecule has 0 saturated heterocycles. The highest BCUT2D eigenvalue weighted by atomic mass is 127. The van der Waals surface area contributed by atoms with E-state index in [1.165, 1.54) is 0 Å². The van der Waals surface area contributed by atoms with Crippen LogP contribution in [0.2, 0.25) is 0 Å². The Kier molecular flexibility index (Phi) is 12.4. The van der Waals surface area contributed by atoms with Crippen molar-refractivity contribution in [2.24, 2.45) is 4.99 Å². The van der Waals surface area contributed by atoms with Crippen molar-refractivity contribution < 1.29 is 27.4 Å². The number of amides is 1. The van der Waals surface area contributed by atoms with Crippen molar-refractivity contribution >= 4 is 35.8 Å². The van der Waals surface area contributed by atoms with Crippen molar-refractivity contribution in [3.8, 4) is 11.5 Å². The topological polar surface area (TPSA) is 66.4 Å². The van der Waals surface area contributed by atoms with Crippen molar-refractivity contribution in [1.29, 1.82) is 0 Å². The predicted molar refractivity (Wildman–Crippen MR) is 116 cm³/mol. The van der Waals surface area contributed by atoms with Gasteiger partial charge in [0.15, 0.2) is 5.96 Å². The maximum absolute atomic E-state index is 12.4. The highest BCUT2D eigenvalue weighted by Gasteiger charge is 2.31. The molecule has 166 valence electrons. The van der Waals surface area contributed by atoms with Crippen molar-refractivity contribution in [2.45, 2.75) is 13.1 Å². The first-order valence-corrected chi connectivity index (χ1v) is 8.73. The number of benzene rings is 1. The molecule has 0 aliphatic rings. The molecule has 0 heterocycles. The molecule has 7 nitrogen and oxygen atoms in total. The van der Waals surface area contributed by atoms with E-state index in [0.717, 1.165) is 12.8 Å². The van der Waals surface area contributed by atoms with Crippen LogP contribution in [-0.2, 0) is 4.79 Å². The van der Waals surface area contributed by atoms with E-state index >= 15 is 0 Å². The van der Waals surface area contributed by atoms with Gasteiger partial charge >= 0.3 is 6.18 Å². The standard InChI is InChI=1S/C18H27F3N4O3.HI/c1-5-22-17(23-12-16(26)25(3)13-18(19,20)21)24(2)10-11-28-15-8-6-14(27-4)7-9-15;/h6-9H,5,10-13H2,1-4H3,(H,22,23);1H. The van der Waals surface area contributed by atoms with E-state index in [2.05, 4.69) is 10.3 Å². The summed E-state index contributed by atoms with van der Waals surface area (Å²) in [6.45, 7) is 1.55. The summed E-state index contributed by atoms with van der Waals surface area (Å²) in [7, 11) is 4.44. The Morgan fingerprint density at radius 3 is 2.24 bits per heavy atom. The number of methoxy groups -OCH3 is 1. The van der Waals surface area contributed by atoms with Crippen LogP contribution >= 0.6 is 24.0 Å². The third-order valence-corrected chi connectivity index (χ3v) is 3.66. The van der Waals surface area contributed by atoms with Gasteiger partial charge in [0.2, 0.25) is 5.91 Å². The van der Waals surface area contributed by atoms with Crippen LogP contribution in [0, 0.1) is 0 Å². The number of rotatable bonds is 9. The zero-order valence-corrected chi connectivity index (χ0v) is 19.3. The van der Waals surface area contributed by atoms with Crippen LogP contribution < -0.4 is 14.8 Å². The second-order valence-electron chi connectivity index (χ2n) is 5.98. The van der Waals surface area contributed by atoms with Gasteiger partial charge in [-0.3, -0.25) is 4.79 Å². The second-order valence-corrected chi connectivity index (χ2v) is 5.98. The fourth-order valence-electron chi connectivity index (χ4n) is 2.17. The maximum Gasteiger partial charge on any atom is 0.406 e. The molecule has 0 saturated carbocycles. The highest BCUT2D eigenvalue weighted by molar-refractivity contribution is 14.0. The first-order valence-electron chi connectivity index (χ1n) is 8.73. The Labute approximate surface area is 186 Å². The van der Waals surface area contributed by atoms with Crippen LogP contribution in [0.25, 0.3) is 0 Å². The number of aliphatic imine (C=N–C) groups is 1. The summed E-state index contributed by atoms with van der Waals surface area (Å²) in [5.74, 6) is 1.11. The molecule has 0 fully saturated rings. The minimum Gasteiger partial charge on any atom is -0.497 e. The Hall–Kier alpha value is -1.92. The van der Waals surface area contributed by atoms with Crippen LogP contribution in [0.3, 0.4) is 0 Å². The Balaban J connectivity index is 0.00000784. The number of hydrogen-bond donors (Lipinski definition) is 1. The van der Waals surface area contributed by atoms with Crippen LogP contribution in [0.4, 0.5) is 13.2 Å². The molecular formula is C18H28F3IN4O3. The third kappa shape index (κ3) is 11.0. The van der Waals surface area contributed by atoms with E-state index in [4.69, 9.17) is 9.47 Å². The molecule has 0 aliphatic carbocycles. The van der Waals surface area contributed by atoms with E-state index in [9.17, 15) is 18.0 Å². The second kappa shape index (κ2) is 13.3. The lowest BCUT2D eigenvalue weighted by Gasteiger charge is -2.23. The van der Waals surface area contributed by atoms with Gasteiger partial charge in [-0.05, 0) is 31.2 Å². The number of carbonyl (C=O) groups is 1. The molecule has 1 rings (SSSR count). The summed E-state index contributed by atoms with van der Waals surface area (Å²) in [6.07, 6.45) is -4.44. The summed E-state index contributed by atoms with van der Waals surface area (Å²) in [5, 5.41) is 3.00. The van der Waals surface area contributed by atoms with Gasteiger partial charge < -0.3 is 24.6 Å². The van der Waals surface area contributed by atoms with Gasteiger partial charge in [-0.15, -0.1) is 24.0 Å². The number of guanidine groups is 1. The number of likely N-dealkylation sites (N-methyl/N-ethyl adjacent to an activating group) is 2. The summed E-state index contributed by atoms with van der Waals surface area (Å²) >= 11 is 0. The lowest BCUT2D eigenvalue weighted by molar-refractivity contribution is -0.157. The molecule has 11 heteroatoms. The Morgan fingerprint density at radius 1 is 1.14 bits per heavy atom. The van der Waals surface area contributed by atoms with Crippen molar-refractivity contribution in [2.75, 3.05) is 54.0 Å². The number of hydrogen-bond acceptors (Lipinski definition) is 4. The van der Waals surface area contributed by atoms with E-state index < -0.39 is 18.6 Å². The number of ether oxygens (including phenoxy) is 2. The summed E-state index contributed by atoms with van der Waals surface area (Å²) < 4.78 is 47.8. The molecule has 0 radical (unpaired) electrons. The van der Waals surface area contributed by atoms with Crippen LogP contribution in [-0.4, -0.2) is 81.8 Å². The lowest BCUT2D eigenvalue weighted by Crippen LogP contribution is -2.42. The molecule has 0 aromatic heterocycles. The minimum absolute atomic E-state index is 0. The van der Waals surface area contributed by atoms with Gasteiger partial charge in [-0.1, -0.05) is 0 Å². The highest BCUT2D eigenvalue weighted by Crippen LogP contribution is 2.17. The van der Waals surface area contributed by atoms with Crippen molar-refractivity contribution in [1.82, 2.24) is 15.1 Å². The molecule has 0 unspecified atom stereocenters. The van der Waals surface area contributed by atoms with E-state index in [1.807, 2.05) is 6.92 Å².